The Balaban J connectivity index is 1.54. The molecular formula is C24H33FN6O2. The molecule has 2 aliphatic rings. The molecule has 0 saturated carbocycles. The first-order valence-electron chi connectivity index (χ1n) is 11.5. The van der Waals surface area contributed by atoms with Crippen molar-refractivity contribution in [3.8, 4) is 0 Å². The van der Waals surface area contributed by atoms with Gasteiger partial charge in [-0.2, -0.15) is 0 Å². The Hall–Kier alpha value is -2.62. The second-order valence-corrected chi connectivity index (χ2v) is 8.63. The van der Waals surface area contributed by atoms with Crippen molar-refractivity contribution < 1.29 is 13.9 Å². The number of halogens is 1. The molecule has 1 aromatic carbocycles. The van der Waals surface area contributed by atoms with Gasteiger partial charge in [-0.25, -0.2) is 14.4 Å². The number of alkyl halides is 1. The Morgan fingerprint density at radius 2 is 2.06 bits per heavy atom. The van der Waals surface area contributed by atoms with Gasteiger partial charge in [0, 0.05) is 62.7 Å². The molecule has 178 valence electrons. The fraction of sp³-hybridized carbons (Fsp3) is 0.542. The largest absolute Gasteiger partial charge is 0.383 e. The molecule has 9 heteroatoms. The highest BCUT2D eigenvalue weighted by atomic mass is 19.1. The van der Waals surface area contributed by atoms with Gasteiger partial charge in [-0.1, -0.05) is 0 Å². The minimum atomic E-state index is -0.944. The molecule has 2 N–H and O–H groups in total. The van der Waals surface area contributed by atoms with Crippen molar-refractivity contribution in [2.45, 2.75) is 25.4 Å². The van der Waals surface area contributed by atoms with Crippen molar-refractivity contribution in [2.75, 3.05) is 69.9 Å². The van der Waals surface area contributed by atoms with Crippen LogP contribution < -0.4 is 10.2 Å². The summed E-state index contributed by atoms with van der Waals surface area (Å²) >= 11 is 0. The Kier molecular flexibility index (Phi) is 7.85. The van der Waals surface area contributed by atoms with Crippen molar-refractivity contribution >= 4 is 23.5 Å². The number of hydrogen-bond acceptors (Lipinski definition) is 8. The van der Waals surface area contributed by atoms with Gasteiger partial charge in [0.2, 0.25) is 0 Å². The van der Waals surface area contributed by atoms with Gasteiger partial charge in [0.25, 0.3) is 0 Å². The number of benzene rings is 1. The lowest BCUT2D eigenvalue weighted by Crippen LogP contribution is -2.42. The van der Waals surface area contributed by atoms with Gasteiger partial charge in [-0.3, -0.25) is 4.90 Å². The van der Waals surface area contributed by atoms with Crippen LogP contribution in [-0.2, 0) is 9.47 Å². The standard InChI is InChI=1S/C24H33FN6O2/c1-17-11-18(14-26)22(12-20(17)19-3-4-30(5-8-32-2)15-21(19)25)29-23-13-24(28-16-27-23)31-6-9-33-10-7-31/h11-14,16,19,21,26H,3-10,15H2,1-2H3,(H,27,28,29). The highest BCUT2D eigenvalue weighted by Crippen LogP contribution is 2.35. The van der Waals surface area contributed by atoms with Crippen LogP contribution in [0.25, 0.3) is 0 Å². The van der Waals surface area contributed by atoms with Gasteiger partial charge in [0.05, 0.1) is 19.8 Å². The van der Waals surface area contributed by atoms with Crippen LogP contribution in [0.2, 0.25) is 0 Å². The summed E-state index contributed by atoms with van der Waals surface area (Å²) in [6, 6.07) is 5.86. The molecule has 8 nitrogen and oxygen atoms in total. The molecular weight excluding hydrogens is 423 g/mol. The van der Waals surface area contributed by atoms with E-state index in [0.29, 0.717) is 32.2 Å². The van der Waals surface area contributed by atoms with Crippen molar-refractivity contribution in [1.82, 2.24) is 14.9 Å². The van der Waals surface area contributed by atoms with E-state index in [9.17, 15) is 0 Å². The molecule has 3 heterocycles. The lowest BCUT2D eigenvalue weighted by Gasteiger charge is -2.35. The molecule has 0 bridgehead atoms. The number of nitrogens with one attached hydrogen (secondary N) is 2. The third-order valence-electron chi connectivity index (χ3n) is 6.48. The number of aromatic nitrogens is 2. The van der Waals surface area contributed by atoms with Crippen LogP contribution in [0.3, 0.4) is 0 Å². The van der Waals surface area contributed by atoms with Crippen molar-refractivity contribution in [2.24, 2.45) is 0 Å². The van der Waals surface area contributed by atoms with Crippen LogP contribution in [0.1, 0.15) is 29.0 Å². The molecule has 2 fully saturated rings. The number of likely N-dealkylation sites (tertiary alicyclic amines) is 1. The minimum absolute atomic E-state index is 0.168. The van der Waals surface area contributed by atoms with E-state index >= 15 is 4.39 Å². The van der Waals surface area contributed by atoms with Crippen molar-refractivity contribution in [3.05, 3.63) is 41.2 Å². The molecule has 2 atom stereocenters. The smallest absolute Gasteiger partial charge is 0.135 e. The first-order chi connectivity index (χ1) is 16.1. The van der Waals surface area contributed by atoms with Crippen LogP contribution in [0.5, 0.6) is 0 Å². The summed E-state index contributed by atoms with van der Waals surface area (Å²) < 4.78 is 25.8. The summed E-state index contributed by atoms with van der Waals surface area (Å²) in [6.45, 7) is 7.56. The van der Waals surface area contributed by atoms with Gasteiger partial charge in [-0.15, -0.1) is 0 Å². The number of ether oxygens (including phenoxy) is 2. The summed E-state index contributed by atoms with van der Waals surface area (Å²) in [5.41, 5.74) is 3.50. The third kappa shape index (κ3) is 5.66. The molecule has 33 heavy (non-hydrogen) atoms. The first kappa shape index (κ1) is 23.5. The Morgan fingerprint density at radius 3 is 2.79 bits per heavy atom. The fourth-order valence-corrected chi connectivity index (χ4v) is 4.63. The maximum atomic E-state index is 15.2. The van der Waals surface area contributed by atoms with E-state index in [-0.39, 0.29) is 5.92 Å². The summed E-state index contributed by atoms with van der Waals surface area (Å²) in [6.07, 6.45) is 2.67. The molecule has 0 spiro atoms. The Bertz CT molecular complexity index is 953. The van der Waals surface area contributed by atoms with Crippen molar-refractivity contribution in [3.63, 3.8) is 0 Å². The predicted octanol–water partition coefficient (Wildman–Crippen LogP) is 3.14. The zero-order valence-electron chi connectivity index (χ0n) is 19.4. The minimum Gasteiger partial charge on any atom is -0.383 e. The summed E-state index contributed by atoms with van der Waals surface area (Å²) in [5, 5.41) is 11.2. The zero-order chi connectivity index (χ0) is 23.2. The van der Waals surface area contributed by atoms with Crippen LogP contribution in [0.15, 0.2) is 24.5 Å². The second kappa shape index (κ2) is 11.0. The summed E-state index contributed by atoms with van der Waals surface area (Å²) in [4.78, 5) is 13.1. The molecule has 0 radical (unpaired) electrons. The maximum Gasteiger partial charge on any atom is 0.135 e. The van der Waals surface area contributed by atoms with E-state index in [1.54, 1.807) is 13.4 Å². The van der Waals surface area contributed by atoms with E-state index in [2.05, 4.69) is 25.1 Å². The third-order valence-corrected chi connectivity index (χ3v) is 6.48. The van der Waals surface area contributed by atoms with Gasteiger partial charge in [0.15, 0.2) is 0 Å². The van der Waals surface area contributed by atoms with Crippen molar-refractivity contribution in [1.29, 1.82) is 5.41 Å². The maximum absolute atomic E-state index is 15.2. The summed E-state index contributed by atoms with van der Waals surface area (Å²) in [7, 11) is 1.67. The average Bonchev–Trinajstić information content (AvgIpc) is 2.84. The first-order valence-corrected chi connectivity index (χ1v) is 11.5. The van der Waals surface area contributed by atoms with E-state index in [0.717, 1.165) is 60.8 Å². The normalized spacial score (nSPS) is 21.7. The second-order valence-electron chi connectivity index (χ2n) is 8.63. The zero-order valence-corrected chi connectivity index (χ0v) is 19.4. The number of morpholine rings is 1. The van der Waals surface area contributed by atoms with E-state index in [1.807, 2.05) is 25.1 Å². The van der Waals surface area contributed by atoms with E-state index in [1.165, 1.54) is 6.21 Å². The highest BCUT2D eigenvalue weighted by Gasteiger charge is 2.31. The number of anilines is 3. The highest BCUT2D eigenvalue weighted by molar-refractivity contribution is 5.88. The van der Waals surface area contributed by atoms with Crippen LogP contribution in [0, 0.1) is 12.3 Å². The predicted molar refractivity (Wildman–Crippen MR) is 128 cm³/mol. The van der Waals surface area contributed by atoms with Gasteiger partial charge in [0.1, 0.15) is 24.1 Å². The van der Waals surface area contributed by atoms with Crippen LogP contribution >= 0.6 is 0 Å². The molecule has 1 aromatic heterocycles. The molecule has 2 aliphatic heterocycles. The number of aryl methyl sites for hydroxylation is 1. The fourth-order valence-electron chi connectivity index (χ4n) is 4.63. The topological polar surface area (TPSA) is 86.6 Å². The lowest BCUT2D eigenvalue weighted by molar-refractivity contribution is 0.0862. The number of nitrogens with zero attached hydrogens (tertiary/aromatic N) is 4. The molecule has 2 unspecified atom stereocenters. The average molecular weight is 457 g/mol. The summed E-state index contributed by atoms with van der Waals surface area (Å²) in [5.74, 6) is 1.32. The Labute approximate surface area is 194 Å². The molecule has 4 rings (SSSR count). The monoisotopic (exact) mass is 456 g/mol. The Morgan fingerprint density at radius 1 is 1.24 bits per heavy atom. The van der Waals surface area contributed by atoms with Gasteiger partial charge < -0.3 is 25.1 Å². The number of methoxy groups -OCH3 is 1. The van der Waals surface area contributed by atoms with E-state index in [4.69, 9.17) is 14.9 Å². The molecule has 0 aliphatic carbocycles. The van der Waals surface area contributed by atoms with Crippen LogP contribution in [-0.4, -0.2) is 86.9 Å². The molecule has 0 amide bonds. The van der Waals surface area contributed by atoms with E-state index < -0.39 is 6.17 Å². The number of piperidine rings is 1. The molecule has 2 aromatic rings. The number of hydrogen-bond donors (Lipinski definition) is 2. The van der Waals surface area contributed by atoms with Gasteiger partial charge >= 0.3 is 0 Å². The van der Waals surface area contributed by atoms with Crippen LogP contribution in [0.4, 0.5) is 21.7 Å². The van der Waals surface area contributed by atoms with Gasteiger partial charge in [-0.05, 0) is 43.1 Å². The lowest BCUT2D eigenvalue weighted by atomic mass is 9.84. The number of rotatable bonds is 8. The molecule has 2 saturated heterocycles. The quantitative estimate of drug-likeness (QED) is 0.590. The SMILES string of the molecule is COCCN1CCC(c2cc(Nc3cc(N4CCOCC4)ncn3)c(C=N)cc2C)C(F)C1.